The Morgan fingerprint density at radius 2 is 1.77 bits per heavy atom. The van der Waals surface area contributed by atoms with E-state index in [1.807, 2.05) is 46.9 Å². The third kappa shape index (κ3) is 8.37. The quantitative estimate of drug-likeness (QED) is 0.518. The summed E-state index contributed by atoms with van der Waals surface area (Å²) >= 11 is 7.47. The van der Waals surface area contributed by atoms with Crippen LogP contribution in [0.5, 0.6) is 0 Å². The van der Waals surface area contributed by atoms with Crippen LogP contribution in [0.4, 0.5) is 0 Å². The van der Waals surface area contributed by atoms with Gasteiger partial charge in [-0.05, 0) is 47.8 Å². The number of carbonyl (C=O) groups is 1. The summed E-state index contributed by atoms with van der Waals surface area (Å²) in [6, 6.07) is 2.00. The molecule has 0 saturated heterocycles. The normalized spacial score (nSPS) is 14.8. The number of esters is 1. The van der Waals surface area contributed by atoms with E-state index in [0.717, 1.165) is 11.8 Å². The van der Waals surface area contributed by atoms with Crippen LogP contribution in [0.3, 0.4) is 0 Å². The van der Waals surface area contributed by atoms with Crippen molar-refractivity contribution < 1.29 is 14.3 Å². The third-order valence-electron chi connectivity index (χ3n) is 2.67. The second kappa shape index (κ2) is 8.53. The van der Waals surface area contributed by atoms with E-state index in [9.17, 15) is 10.1 Å². The number of carbonyl (C=O) groups excluding carboxylic acids is 1. The zero-order chi connectivity index (χ0) is 17.6. The number of nitrogens with zero attached hydrogens (tertiary/aromatic N) is 1. The van der Waals surface area contributed by atoms with Crippen molar-refractivity contribution in [3.63, 3.8) is 0 Å². The van der Waals surface area contributed by atoms with Gasteiger partial charge >= 0.3 is 5.97 Å². The van der Waals surface area contributed by atoms with E-state index in [4.69, 9.17) is 21.7 Å². The smallest absolute Gasteiger partial charge is 0.337 e. The fourth-order valence-corrected chi connectivity index (χ4v) is 3.16. The van der Waals surface area contributed by atoms with E-state index in [1.54, 1.807) is 0 Å². The molecule has 7 heteroatoms. The minimum absolute atomic E-state index is 0.234. The number of thiocarbonyl (C=S) groups is 1. The van der Waals surface area contributed by atoms with Crippen LogP contribution in [0.2, 0.25) is 0 Å². The third-order valence-corrected chi connectivity index (χ3v) is 5.33. The zero-order valence-electron chi connectivity index (χ0n) is 14.3. The Labute approximate surface area is 147 Å². The van der Waals surface area contributed by atoms with Gasteiger partial charge in [-0.3, -0.25) is 0 Å². The van der Waals surface area contributed by atoms with Gasteiger partial charge in [-0.2, -0.15) is 5.26 Å². The van der Waals surface area contributed by atoms with Crippen molar-refractivity contribution in [2.75, 3.05) is 12.9 Å². The van der Waals surface area contributed by atoms with Crippen LogP contribution in [-0.2, 0) is 14.3 Å². The van der Waals surface area contributed by atoms with Gasteiger partial charge in [0.15, 0.2) is 0 Å². The topological polar surface area (TPSA) is 59.3 Å². The van der Waals surface area contributed by atoms with Gasteiger partial charge in [0.05, 0.1) is 18.3 Å². The van der Waals surface area contributed by atoms with Crippen LogP contribution >= 0.6 is 35.7 Å². The SMILES string of the molecule is CSC(=S)SC(C)(C#N)C(=O)OC(C)(C)CCOC(C)(C)C. The molecule has 0 radical (unpaired) electrons. The lowest BCUT2D eigenvalue weighted by Crippen LogP contribution is -2.40. The van der Waals surface area contributed by atoms with E-state index in [1.165, 1.54) is 18.7 Å². The van der Waals surface area contributed by atoms with Gasteiger partial charge in [0.25, 0.3) is 0 Å². The van der Waals surface area contributed by atoms with Crippen LogP contribution in [0, 0.1) is 11.3 Å². The average molecular weight is 364 g/mol. The summed E-state index contributed by atoms with van der Waals surface area (Å²) in [5.41, 5.74) is -0.941. The van der Waals surface area contributed by atoms with Crippen molar-refractivity contribution >= 4 is 45.2 Å². The second-order valence-corrected chi connectivity index (χ2v) is 9.99. The number of thioether (sulfide) groups is 2. The van der Waals surface area contributed by atoms with Crippen molar-refractivity contribution in [2.45, 2.75) is 63.9 Å². The summed E-state index contributed by atoms with van der Waals surface area (Å²) in [4.78, 5) is 12.3. The van der Waals surface area contributed by atoms with Gasteiger partial charge in [0, 0.05) is 6.42 Å². The van der Waals surface area contributed by atoms with Crippen molar-refractivity contribution in [3.05, 3.63) is 0 Å². The van der Waals surface area contributed by atoms with E-state index < -0.39 is 16.3 Å². The molecule has 0 aromatic heterocycles. The van der Waals surface area contributed by atoms with Gasteiger partial charge in [-0.25, -0.2) is 4.79 Å². The first-order chi connectivity index (χ1) is 9.85. The molecule has 0 N–H and O–H groups in total. The number of hydrogen-bond donors (Lipinski definition) is 0. The molecule has 0 aliphatic heterocycles. The first-order valence-corrected chi connectivity index (χ1v) is 9.36. The minimum atomic E-state index is -1.33. The molecule has 0 saturated carbocycles. The Balaban J connectivity index is 4.72. The molecule has 0 aliphatic carbocycles. The minimum Gasteiger partial charge on any atom is -0.458 e. The summed E-state index contributed by atoms with van der Waals surface area (Å²) in [6.45, 7) is 11.5. The van der Waals surface area contributed by atoms with E-state index in [0.29, 0.717) is 16.6 Å². The molecule has 4 nitrogen and oxygen atoms in total. The van der Waals surface area contributed by atoms with Crippen molar-refractivity contribution in [3.8, 4) is 6.07 Å². The molecule has 0 heterocycles. The maximum Gasteiger partial charge on any atom is 0.337 e. The van der Waals surface area contributed by atoms with E-state index >= 15 is 0 Å². The maximum absolute atomic E-state index is 12.3. The summed E-state index contributed by atoms with van der Waals surface area (Å²) in [5.74, 6) is -0.572. The molecule has 1 unspecified atom stereocenters. The highest BCUT2D eigenvalue weighted by molar-refractivity contribution is 8.47. The highest BCUT2D eigenvalue weighted by Gasteiger charge is 2.40. The fourth-order valence-electron chi connectivity index (χ4n) is 1.32. The lowest BCUT2D eigenvalue weighted by atomic mass is 10.0. The largest absolute Gasteiger partial charge is 0.458 e. The Kier molecular flexibility index (Phi) is 8.42. The summed E-state index contributed by atoms with van der Waals surface area (Å²) in [6.07, 6.45) is 2.36. The first kappa shape index (κ1) is 21.7. The number of rotatable bonds is 6. The Hall–Kier alpha value is -0.290. The average Bonchev–Trinajstić information content (AvgIpc) is 2.35. The monoisotopic (exact) mass is 363 g/mol. The predicted octanol–water partition coefficient (Wildman–Crippen LogP) is 4.18. The molecule has 0 amide bonds. The van der Waals surface area contributed by atoms with Crippen LogP contribution in [0.15, 0.2) is 0 Å². The summed E-state index contributed by atoms with van der Waals surface area (Å²) < 4.78 is 10.4. The number of hydrogen-bond acceptors (Lipinski definition) is 7. The molecular weight excluding hydrogens is 338 g/mol. The highest BCUT2D eigenvalue weighted by Crippen LogP contribution is 2.33. The van der Waals surface area contributed by atoms with Crippen LogP contribution < -0.4 is 0 Å². The van der Waals surface area contributed by atoms with E-state index in [-0.39, 0.29) is 5.60 Å². The fraction of sp³-hybridized carbons (Fsp3) is 0.800. The predicted molar refractivity (Wildman–Crippen MR) is 98.2 cm³/mol. The van der Waals surface area contributed by atoms with Crippen molar-refractivity contribution in [1.29, 1.82) is 5.26 Å². The Morgan fingerprint density at radius 1 is 1.23 bits per heavy atom. The summed E-state index contributed by atoms with van der Waals surface area (Å²) in [5, 5.41) is 9.31. The molecule has 0 rings (SSSR count). The Morgan fingerprint density at radius 3 is 2.18 bits per heavy atom. The molecule has 0 fully saturated rings. The summed E-state index contributed by atoms with van der Waals surface area (Å²) in [7, 11) is 0. The van der Waals surface area contributed by atoms with E-state index in [2.05, 4.69) is 0 Å². The maximum atomic E-state index is 12.3. The molecule has 22 heavy (non-hydrogen) atoms. The molecule has 0 aromatic rings. The second-order valence-electron chi connectivity index (χ2n) is 6.56. The van der Waals surface area contributed by atoms with Crippen molar-refractivity contribution in [1.82, 2.24) is 0 Å². The van der Waals surface area contributed by atoms with Crippen molar-refractivity contribution in [2.24, 2.45) is 0 Å². The van der Waals surface area contributed by atoms with Gasteiger partial charge < -0.3 is 9.47 Å². The molecule has 0 aromatic carbocycles. The molecule has 1 atom stereocenters. The first-order valence-electron chi connectivity index (χ1n) is 6.91. The molecule has 0 spiro atoms. The molecule has 0 aliphatic rings. The Bertz CT molecular complexity index is 452. The highest BCUT2D eigenvalue weighted by atomic mass is 32.2. The van der Waals surface area contributed by atoms with Gasteiger partial charge in [-0.15, -0.1) is 11.8 Å². The lowest BCUT2D eigenvalue weighted by Gasteiger charge is -2.30. The molecule has 126 valence electrons. The van der Waals surface area contributed by atoms with Gasteiger partial charge in [-0.1, -0.05) is 24.0 Å². The standard InChI is InChI=1S/C15H25NO3S3/c1-13(2,3)18-9-8-14(4,5)19-11(17)15(6,10-16)22-12(20)21-7/h8-9H2,1-7H3. The molecule has 0 bridgehead atoms. The van der Waals surface area contributed by atoms with Crippen LogP contribution in [-0.4, -0.2) is 38.3 Å². The zero-order valence-corrected chi connectivity index (χ0v) is 16.8. The van der Waals surface area contributed by atoms with Gasteiger partial charge in [0.2, 0.25) is 4.75 Å². The number of nitriles is 1. The lowest BCUT2D eigenvalue weighted by molar-refractivity contribution is -0.159. The van der Waals surface area contributed by atoms with Crippen LogP contribution in [0.25, 0.3) is 0 Å². The van der Waals surface area contributed by atoms with Crippen LogP contribution in [0.1, 0.15) is 48.0 Å². The number of ether oxygens (including phenoxy) is 2. The van der Waals surface area contributed by atoms with Gasteiger partial charge in [0.1, 0.15) is 9.13 Å². The molecular formula is C15H25NO3S3.